The normalized spacial score (nSPS) is 10.8. The zero-order valence-electron chi connectivity index (χ0n) is 10.4. The van der Waals surface area contributed by atoms with Crippen molar-refractivity contribution in [2.45, 2.75) is 6.92 Å². The molecule has 0 saturated heterocycles. The third kappa shape index (κ3) is 1.97. The van der Waals surface area contributed by atoms with E-state index in [9.17, 15) is 0 Å². The summed E-state index contributed by atoms with van der Waals surface area (Å²) in [7, 11) is 1.93. The van der Waals surface area contributed by atoms with Crippen molar-refractivity contribution in [3.63, 3.8) is 0 Å². The maximum atomic E-state index is 4.68. The highest BCUT2D eigenvalue weighted by molar-refractivity contribution is 7.21. The van der Waals surface area contributed by atoms with Crippen molar-refractivity contribution >= 4 is 27.2 Å². The Morgan fingerprint density at radius 1 is 1.06 bits per heavy atom. The predicted molar refractivity (Wildman–Crippen MR) is 79.3 cm³/mol. The third-order valence-corrected chi connectivity index (χ3v) is 4.03. The number of thiazole rings is 1. The van der Waals surface area contributed by atoms with Crippen molar-refractivity contribution in [2.24, 2.45) is 0 Å². The molecule has 0 radical (unpaired) electrons. The third-order valence-electron chi connectivity index (χ3n) is 2.96. The first-order valence-corrected chi connectivity index (χ1v) is 6.73. The number of rotatable bonds is 2. The summed E-state index contributed by atoms with van der Waals surface area (Å²) in [5, 5.41) is 4.20. The van der Waals surface area contributed by atoms with Gasteiger partial charge in [-0.05, 0) is 48.9 Å². The zero-order chi connectivity index (χ0) is 12.5. The molecule has 2 nitrogen and oxygen atoms in total. The van der Waals surface area contributed by atoms with E-state index in [2.05, 4.69) is 59.7 Å². The van der Waals surface area contributed by atoms with Gasteiger partial charge < -0.3 is 5.32 Å². The number of aryl methyl sites for hydroxylation is 1. The SMILES string of the molecule is CNc1ccc(-c2nc3ccc(C)cc3s2)cc1. The molecule has 0 atom stereocenters. The van der Waals surface area contributed by atoms with Crippen LogP contribution in [0.3, 0.4) is 0 Å². The largest absolute Gasteiger partial charge is 0.388 e. The Morgan fingerprint density at radius 3 is 2.56 bits per heavy atom. The van der Waals surface area contributed by atoms with Crippen molar-refractivity contribution in [2.75, 3.05) is 12.4 Å². The van der Waals surface area contributed by atoms with Gasteiger partial charge in [-0.2, -0.15) is 0 Å². The van der Waals surface area contributed by atoms with Crippen LogP contribution in [-0.4, -0.2) is 12.0 Å². The first-order chi connectivity index (χ1) is 8.76. The van der Waals surface area contributed by atoms with E-state index in [1.807, 2.05) is 7.05 Å². The summed E-state index contributed by atoms with van der Waals surface area (Å²) in [6.07, 6.45) is 0. The molecule has 3 rings (SSSR count). The number of fused-ring (bicyclic) bond motifs is 1. The van der Waals surface area contributed by atoms with Gasteiger partial charge in [0.05, 0.1) is 10.2 Å². The second-order valence-electron chi connectivity index (χ2n) is 4.32. The monoisotopic (exact) mass is 254 g/mol. The van der Waals surface area contributed by atoms with E-state index in [1.54, 1.807) is 11.3 Å². The molecule has 0 saturated carbocycles. The van der Waals surface area contributed by atoms with E-state index >= 15 is 0 Å². The summed E-state index contributed by atoms with van der Waals surface area (Å²) in [6.45, 7) is 2.11. The minimum Gasteiger partial charge on any atom is -0.388 e. The smallest absolute Gasteiger partial charge is 0.124 e. The van der Waals surface area contributed by atoms with Gasteiger partial charge in [0.2, 0.25) is 0 Å². The molecule has 0 unspecified atom stereocenters. The summed E-state index contributed by atoms with van der Waals surface area (Å²) < 4.78 is 1.25. The fraction of sp³-hybridized carbons (Fsp3) is 0.133. The van der Waals surface area contributed by atoms with E-state index in [0.29, 0.717) is 0 Å². The molecule has 0 spiro atoms. The van der Waals surface area contributed by atoms with Crippen LogP contribution >= 0.6 is 11.3 Å². The second-order valence-corrected chi connectivity index (χ2v) is 5.35. The highest BCUT2D eigenvalue weighted by Gasteiger charge is 2.06. The Kier molecular flexibility index (Phi) is 2.76. The van der Waals surface area contributed by atoms with Crippen LogP contribution in [0.4, 0.5) is 5.69 Å². The summed E-state index contributed by atoms with van der Waals surface area (Å²) in [4.78, 5) is 4.68. The molecule has 0 bridgehead atoms. The second kappa shape index (κ2) is 4.42. The van der Waals surface area contributed by atoms with Crippen LogP contribution in [0.5, 0.6) is 0 Å². The minimum atomic E-state index is 1.08. The average molecular weight is 254 g/mol. The molecule has 0 aliphatic heterocycles. The summed E-state index contributed by atoms with van der Waals surface area (Å²) in [5.41, 5.74) is 4.66. The predicted octanol–water partition coefficient (Wildman–Crippen LogP) is 4.31. The van der Waals surface area contributed by atoms with Crippen molar-refractivity contribution in [1.29, 1.82) is 0 Å². The van der Waals surface area contributed by atoms with E-state index in [4.69, 9.17) is 0 Å². The topological polar surface area (TPSA) is 24.9 Å². The quantitative estimate of drug-likeness (QED) is 0.737. The molecule has 0 aliphatic carbocycles. The van der Waals surface area contributed by atoms with E-state index < -0.39 is 0 Å². The Labute approximate surface area is 110 Å². The van der Waals surface area contributed by atoms with Crippen molar-refractivity contribution in [3.8, 4) is 10.6 Å². The number of aromatic nitrogens is 1. The molecule has 3 aromatic rings. The molecule has 90 valence electrons. The van der Waals surface area contributed by atoms with Crippen molar-refractivity contribution < 1.29 is 0 Å². The lowest BCUT2D eigenvalue weighted by molar-refractivity contribution is 1.45. The average Bonchev–Trinajstić information content (AvgIpc) is 2.81. The Bertz CT molecular complexity index is 683. The Balaban J connectivity index is 2.07. The molecule has 18 heavy (non-hydrogen) atoms. The van der Waals surface area contributed by atoms with Crippen LogP contribution in [0.25, 0.3) is 20.8 Å². The number of anilines is 1. The van der Waals surface area contributed by atoms with Gasteiger partial charge in [-0.3, -0.25) is 0 Å². The number of hydrogen-bond acceptors (Lipinski definition) is 3. The van der Waals surface area contributed by atoms with E-state index in [-0.39, 0.29) is 0 Å². The highest BCUT2D eigenvalue weighted by Crippen LogP contribution is 2.31. The Hall–Kier alpha value is -1.87. The maximum Gasteiger partial charge on any atom is 0.124 e. The number of nitrogens with zero attached hydrogens (tertiary/aromatic N) is 1. The first kappa shape index (κ1) is 11.2. The Morgan fingerprint density at radius 2 is 1.83 bits per heavy atom. The lowest BCUT2D eigenvalue weighted by Gasteiger charge is -2.00. The molecule has 3 heteroatoms. The molecule has 1 heterocycles. The van der Waals surface area contributed by atoms with Crippen LogP contribution in [0.2, 0.25) is 0 Å². The number of hydrogen-bond donors (Lipinski definition) is 1. The maximum absolute atomic E-state index is 4.68. The van der Waals surface area contributed by atoms with Crippen LogP contribution in [-0.2, 0) is 0 Å². The molecule has 0 aliphatic rings. The van der Waals surface area contributed by atoms with Gasteiger partial charge in [-0.15, -0.1) is 11.3 Å². The summed E-state index contributed by atoms with van der Waals surface area (Å²) in [6, 6.07) is 14.8. The zero-order valence-corrected chi connectivity index (χ0v) is 11.2. The van der Waals surface area contributed by atoms with E-state index in [1.165, 1.54) is 15.8 Å². The molecule has 0 amide bonds. The fourth-order valence-electron chi connectivity index (χ4n) is 1.93. The van der Waals surface area contributed by atoms with Gasteiger partial charge >= 0.3 is 0 Å². The minimum absolute atomic E-state index is 1.08. The number of nitrogens with one attached hydrogen (secondary N) is 1. The van der Waals surface area contributed by atoms with Crippen LogP contribution in [0, 0.1) is 6.92 Å². The van der Waals surface area contributed by atoms with E-state index in [0.717, 1.165) is 16.2 Å². The fourth-order valence-corrected chi connectivity index (χ4v) is 3.00. The van der Waals surface area contributed by atoms with Gasteiger partial charge in [0.1, 0.15) is 5.01 Å². The van der Waals surface area contributed by atoms with Crippen LogP contribution in [0.1, 0.15) is 5.56 Å². The molecule has 2 aromatic carbocycles. The molecule has 1 N–H and O–H groups in total. The van der Waals surface area contributed by atoms with Crippen molar-refractivity contribution in [1.82, 2.24) is 4.98 Å². The first-order valence-electron chi connectivity index (χ1n) is 5.91. The number of benzene rings is 2. The van der Waals surface area contributed by atoms with Gasteiger partial charge in [-0.25, -0.2) is 4.98 Å². The lowest BCUT2D eigenvalue weighted by Crippen LogP contribution is -1.86. The molecule has 1 aromatic heterocycles. The molecule has 0 fully saturated rings. The van der Waals surface area contributed by atoms with Crippen molar-refractivity contribution in [3.05, 3.63) is 48.0 Å². The van der Waals surface area contributed by atoms with Gasteiger partial charge in [-0.1, -0.05) is 6.07 Å². The van der Waals surface area contributed by atoms with Gasteiger partial charge in [0, 0.05) is 18.3 Å². The lowest BCUT2D eigenvalue weighted by atomic mass is 10.2. The molecular weight excluding hydrogens is 240 g/mol. The summed E-state index contributed by atoms with van der Waals surface area (Å²) in [5.74, 6) is 0. The highest BCUT2D eigenvalue weighted by atomic mass is 32.1. The standard InChI is InChI=1S/C15H14N2S/c1-10-3-8-13-14(9-10)18-15(17-13)11-4-6-12(16-2)7-5-11/h3-9,16H,1-2H3. The molecular formula is C15H14N2S. The van der Waals surface area contributed by atoms with Crippen LogP contribution in [0.15, 0.2) is 42.5 Å². The van der Waals surface area contributed by atoms with Gasteiger partial charge in [0.15, 0.2) is 0 Å². The van der Waals surface area contributed by atoms with Gasteiger partial charge in [0.25, 0.3) is 0 Å². The summed E-state index contributed by atoms with van der Waals surface area (Å²) >= 11 is 1.75. The van der Waals surface area contributed by atoms with Crippen LogP contribution < -0.4 is 5.32 Å².